The van der Waals surface area contributed by atoms with Crippen LogP contribution in [0.2, 0.25) is 0 Å². The third-order valence-electron chi connectivity index (χ3n) is 2.84. The van der Waals surface area contributed by atoms with Crippen molar-refractivity contribution in [1.29, 1.82) is 0 Å². The lowest BCUT2D eigenvalue weighted by molar-refractivity contribution is -0.384. The van der Waals surface area contributed by atoms with E-state index in [1.54, 1.807) is 28.9 Å². The van der Waals surface area contributed by atoms with Gasteiger partial charge in [-0.2, -0.15) is 5.10 Å². The average Bonchev–Trinajstić information content (AvgIpc) is 3.08. The van der Waals surface area contributed by atoms with Gasteiger partial charge in [0.05, 0.1) is 11.1 Å². The van der Waals surface area contributed by atoms with Gasteiger partial charge in [0.25, 0.3) is 11.6 Å². The molecule has 0 saturated carbocycles. The number of thiophene rings is 2. The van der Waals surface area contributed by atoms with Crippen LogP contribution in [0.4, 0.5) is 5.69 Å². The molecule has 0 aliphatic rings. The molecule has 0 atom stereocenters. The average molecular weight is 331 g/mol. The van der Waals surface area contributed by atoms with Crippen molar-refractivity contribution in [3.8, 4) is 0 Å². The summed E-state index contributed by atoms with van der Waals surface area (Å²) in [5, 5.41) is 16.6. The Balaban J connectivity index is 1.69. The normalized spacial score (nSPS) is 11.1. The molecule has 1 amide bonds. The number of nitro benzene ring substituents is 1. The van der Waals surface area contributed by atoms with Gasteiger partial charge in [-0.05, 0) is 23.6 Å². The van der Waals surface area contributed by atoms with Crippen LogP contribution >= 0.6 is 22.7 Å². The van der Waals surface area contributed by atoms with Crippen LogP contribution in [0.25, 0.3) is 9.40 Å². The summed E-state index contributed by atoms with van der Waals surface area (Å²) in [6.45, 7) is 0. The number of benzene rings is 1. The van der Waals surface area contributed by atoms with E-state index in [1.165, 1.54) is 33.7 Å². The van der Waals surface area contributed by atoms with Crippen molar-refractivity contribution in [1.82, 2.24) is 5.43 Å². The fraction of sp³-hybridized carbons (Fsp3) is 0. The molecule has 2 aromatic heterocycles. The molecule has 0 saturated heterocycles. The minimum atomic E-state index is -0.543. The number of hydrazone groups is 1. The van der Waals surface area contributed by atoms with E-state index in [1.807, 2.05) is 17.5 Å². The van der Waals surface area contributed by atoms with Gasteiger partial charge in [-0.1, -0.05) is 6.07 Å². The van der Waals surface area contributed by atoms with Gasteiger partial charge in [-0.3, -0.25) is 14.9 Å². The standard InChI is InChI=1S/C14H9N3O3S2/c18-14(9-2-1-3-10(6-9)17(19)20)16-15-8-11-7-13-12(22-11)4-5-21-13/h1-8H,(H,16,18). The summed E-state index contributed by atoms with van der Waals surface area (Å²) in [6, 6.07) is 9.53. The van der Waals surface area contributed by atoms with Gasteiger partial charge in [0.1, 0.15) is 0 Å². The van der Waals surface area contributed by atoms with Crippen LogP contribution in [0.5, 0.6) is 0 Å². The number of non-ortho nitro benzene ring substituents is 1. The number of nitro groups is 1. The topological polar surface area (TPSA) is 84.6 Å². The van der Waals surface area contributed by atoms with Gasteiger partial charge >= 0.3 is 0 Å². The second-order valence-corrected chi connectivity index (χ2v) is 6.37. The molecule has 0 radical (unpaired) electrons. The Bertz CT molecular complexity index is 854. The molecule has 0 unspecified atom stereocenters. The number of nitrogens with one attached hydrogen (secondary N) is 1. The lowest BCUT2D eigenvalue weighted by atomic mass is 10.2. The molecule has 6 nitrogen and oxygen atoms in total. The molecule has 0 aliphatic heterocycles. The number of nitrogens with zero attached hydrogens (tertiary/aromatic N) is 2. The highest BCUT2D eigenvalue weighted by Crippen LogP contribution is 2.28. The molecule has 3 aromatic rings. The van der Waals surface area contributed by atoms with Crippen LogP contribution < -0.4 is 5.43 Å². The zero-order valence-corrected chi connectivity index (χ0v) is 12.7. The lowest BCUT2D eigenvalue weighted by Crippen LogP contribution is -2.17. The SMILES string of the molecule is O=C(NN=Cc1cc2sccc2s1)c1cccc([N+](=O)[O-])c1. The lowest BCUT2D eigenvalue weighted by Gasteiger charge is -1.99. The zero-order chi connectivity index (χ0) is 15.5. The van der Waals surface area contributed by atoms with Gasteiger partial charge in [0.2, 0.25) is 0 Å². The van der Waals surface area contributed by atoms with Gasteiger partial charge in [-0.15, -0.1) is 22.7 Å². The quantitative estimate of drug-likeness (QED) is 0.450. The monoisotopic (exact) mass is 331 g/mol. The minimum absolute atomic E-state index is 0.130. The first-order chi connectivity index (χ1) is 10.6. The van der Waals surface area contributed by atoms with Crippen LogP contribution in [0.15, 0.2) is 46.9 Å². The van der Waals surface area contributed by atoms with Crippen LogP contribution in [-0.4, -0.2) is 17.0 Å². The summed E-state index contributed by atoms with van der Waals surface area (Å²) in [5.41, 5.74) is 2.43. The Hall–Kier alpha value is -2.58. The molecular weight excluding hydrogens is 322 g/mol. The highest BCUT2D eigenvalue weighted by molar-refractivity contribution is 7.27. The first kappa shape index (κ1) is 14.4. The van der Waals surface area contributed by atoms with Crippen LogP contribution in [0.1, 0.15) is 15.2 Å². The Morgan fingerprint density at radius 3 is 2.91 bits per heavy atom. The van der Waals surface area contributed by atoms with E-state index >= 15 is 0 Å². The first-order valence-corrected chi connectivity index (χ1v) is 7.88. The van der Waals surface area contributed by atoms with Crippen molar-refractivity contribution < 1.29 is 9.72 Å². The predicted octanol–water partition coefficient (Wildman–Crippen LogP) is 3.63. The van der Waals surface area contributed by atoms with E-state index in [2.05, 4.69) is 10.5 Å². The van der Waals surface area contributed by atoms with Crippen molar-refractivity contribution in [3.05, 3.63) is 62.3 Å². The summed E-state index contributed by atoms with van der Waals surface area (Å²) < 4.78 is 2.35. The Morgan fingerprint density at radius 2 is 2.14 bits per heavy atom. The highest BCUT2D eigenvalue weighted by Gasteiger charge is 2.10. The van der Waals surface area contributed by atoms with Crippen LogP contribution in [0.3, 0.4) is 0 Å². The zero-order valence-electron chi connectivity index (χ0n) is 11.1. The first-order valence-electron chi connectivity index (χ1n) is 6.18. The van der Waals surface area contributed by atoms with Gasteiger partial charge in [-0.25, -0.2) is 5.43 Å². The van der Waals surface area contributed by atoms with Crippen molar-refractivity contribution in [2.24, 2.45) is 5.10 Å². The predicted molar refractivity (Wildman–Crippen MR) is 87.9 cm³/mol. The maximum atomic E-state index is 11.9. The fourth-order valence-corrected chi connectivity index (χ4v) is 3.82. The molecule has 110 valence electrons. The van der Waals surface area contributed by atoms with E-state index in [0.29, 0.717) is 0 Å². The Morgan fingerprint density at radius 1 is 1.27 bits per heavy atom. The number of carbonyl (C=O) groups is 1. The number of hydrogen-bond acceptors (Lipinski definition) is 6. The molecule has 22 heavy (non-hydrogen) atoms. The third kappa shape index (κ3) is 3.02. The Kier molecular flexibility index (Phi) is 3.94. The molecule has 0 fully saturated rings. The second-order valence-electron chi connectivity index (χ2n) is 4.30. The molecule has 8 heteroatoms. The second kappa shape index (κ2) is 6.04. The summed E-state index contributed by atoms with van der Waals surface area (Å²) in [7, 11) is 0. The van der Waals surface area contributed by atoms with Gasteiger partial charge in [0.15, 0.2) is 0 Å². The third-order valence-corrected chi connectivity index (χ3v) is 4.86. The number of carbonyl (C=O) groups excluding carboxylic acids is 1. The van der Waals surface area contributed by atoms with E-state index in [9.17, 15) is 14.9 Å². The van der Waals surface area contributed by atoms with Gasteiger partial charge < -0.3 is 0 Å². The molecule has 0 aliphatic carbocycles. The van der Waals surface area contributed by atoms with Crippen LogP contribution in [0, 0.1) is 10.1 Å². The molecular formula is C14H9N3O3S2. The molecule has 2 heterocycles. The minimum Gasteiger partial charge on any atom is -0.267 e. The fourth-order valence-electron chi connectivity index (χ4n) is 1.83. The number of rotatable bonds is 4. The Labute approximate surface area is 132 Å². The summed E-state index contributed by atoms with van der Waals surface area (Å²) >= 11 is 3.22. The number of amides is 1. The summed E-state index contributed by atoms with van der Waals surface area (Å²) in [6.07, 6.45) is 1.56. The molecule has 0 bridgehead atoms. The summed E-state index contributed by atoms with van der Waals surface area (Å²) in [5.74, 6) is -0.488. The van der Waals surface area contributed by atoms with Crippen molar-refractivity contribution in [3.63, 3.8) is 0 Å². The smallest absolute Gasteiger partial charge is 0.267 e. The number of hydrogen-bond donors (Lipinski definition) is 1. The number of fused-ring (bicyclic) bond motifs is 1. The largest absolute Gasteiger partial charge is 0.271 e. The molecule has 0 spiro atoms. The van der Waals surface area contributed by atoms with Crippen molar-refractivity contribution >= 4 is 49.9 Å². The van der Waals surface area contributed by atoms with Crippen molar-refractivity contribution in [2.45, 2.75) is 0 Å². The maximum Gasteiger partial charge on any atom is 0.271 e. The van der Waals surface area contributed by atoms with E-state index in [4.69, 9.17) is 0 Å². The molecule has 1 N–H and O–H groups in total. The van der Waals surface area contributed by atoms with Crippen LogP contribution in [-0.2, 0) is 0 Å². The van der Waals surface area contributed by atoms with E-state index in [-0.39, 0.29) is 11.3 Å². The molecule has 1 aromatic carbocycles. The highest BCUT2D eigenvalue weighted by atomic mass is 32.1. The van der Waals surface area contributed by atoms with E-state index < -0.39 is 10.8 Å². The van der Waals surface area contributed by atoms with E-state index in [0.717, 1.165) is 4.88 Å². The summed E-state index contributed by atoms with van der Waals surface area (Å²) in [4.78, 5) is 23.0. The van der Waals surface area contributed by atoms with Crippen molar-refractivity contribution in [2.75, 3.05) is 0 Å². The maximum absolute atomic E-state index is 11.9. The molecule has 3 rings (SSSR count). The van der Waals surface area contributed by atoms with Gasteiger partial charge in [0, 0.05) is 32.0 Å².